The molecule has 1 unspecified atom stereocenters. The van der Waals surface area contributed by atoms with Gasteiger partial charge in [-0.05, 0) is 48.4 Å². The lowest BCUT2D eigenvalue weighted by Gasteiger charge is -2.36. The minimum absolute atomic E-state index is 0.0879. The number of hydroxylamine groups is 2. The van der Waals surface area contributed by atoms with Crippen molar-refractivity contribution >= 4 is 17.7 Å². The van der Waals surface area contributed by atoms with Gasteiger partial charge in [0, 0.05) is 49.9 Å². The Labute approximate surface area is 193 Å². The highest BCUT2D eigenvalue weighted by atomic mass is 32.2. The lowest BCUT2D eigenvalue weighted by atomic mass is 9.86. The molecule has 1 fully saturated rings. The number of methoxy groups -OCH3 is 1. The molecule has 3 rings (SSSR count). The molecule has 5 nitrogen and oxygen atoms in total. The van der Waals surface area contributed by atoms with E-state index in [-0.39, 0.29) is 24.4 Å². The van der Waals surface area contributed by atoms with Crippen molar-refractivity contribution in [3.63, 3.8) is 0 Å². The van der Waals surface area contributed by atoms with Crippen molar-refractivity contribution in [1.82, 2.24) is 5.06 Å². The van der Waals surface area contributed by atoms with Gasteiger partial charge in [-0.2, -0.15) is 0 Å². The molecule has 0 N–H and O–H groups in total. The fourth-order valence-electron chi connectivity index (χ4n) is 3.70. The summed E-state index contributed by atoms with van der Waals surface area (Å²) >= 11 is 1.48. The van der Waals surface area contributed by atoms with Gasteiger partial charge in [-0.3, -0.25) is 9.63 Å². The van der Waals surface area contributed by atoms with E-state index in [4.69, 9.17) is 20.7 Å². The van der Waals surface area contributed by atoms with Crippen molar-refractivity contribution in [2.24, 2.45) is 0 Å². The van der Waals surface area contributed by atoms with Crippen molar-refractivity contribution in [2.75, 3.05) is 26.9 Å². The first-order valence-electron chi connectivity index (χ1n) is 10.5. The third-order valence-electron chi connectivity index (χ3n) is 5.55. The van der Waals surface area contributed by atoms with Gasteiger partial charge in [0.1, 0.15) is 18.5 Å². The van der Waals surface area contributed by atoms with Crippen LogP contribution in [0.5, 0.6) is 0 Å². The van der Waals surface area contributed by atoms with E-state index < -0.39 is 5.60 Å². The number of rotatable bonds is 8. The zero-order chi connectivity index (χ0) is 23.1. The van der Waals surface area contributed by atoms with Crippen molar-refractivity contribution in [3.8, 4) is 12.3 Å². The highest BCUT2D eigenvalue weighted by Gasteiger charge is 2.35. The highest BCUT2D eigenvalue weighted by Crippen LogP contribution is 2.39. The number of terminal acetylenes is 1. The second kappa shape index (κ2) is 11.0. The number of carbonyl (C=O) groups excluding carboxylic acids is 1. The first kappa shape index (κ1) is 24.3. The quantitative estimate of drug-likeness (QED) is 0.408. The molecule has 170 valence electrons. The molecule has 7 heteroatoms. The summed E-state index contributed by atoms with van der Waals surface area (Å²) in [6.45, 7) is 4.54. The zero-order valence-electron chi connectivity index (χ0n) is 18.6. The largest absolute Gasteiger partial charge is 0.381 e. The van der Waals surface area contributed by atoms with Gasteiger partial charge >= 0.3 is 0 Å². The second-order valence-electron chi connectivity index (χ2n) is 7.66. The fraction of sp³-hybridized carbons (Fsp3) is 0.400. The van der Waals surface area contributed by atoms with E-state index in [9.17, 15) is 9.18 Å². The molecule has 0 saturated carbocycles. The van der Waals surface area contributed by atoms with Crippen molar-refractivity contribution in [1.29, 1.82) is 0 Å². The summed E-state index contributed by atoms with van der Waals surface area (Å²) in [6.07, 6.45) is 6.34. The molecule has 32 heavy (non-hydrogen) atoms. The van der Waals surface area contributed by atoms with Gasteiger partial charge in [0.2, 0.25) is 5.91 Å². The summed E-state index contributed by atoms with van der Waals surface area (Å²) in [5, 5.41) is 1.17. The van der Waals surface area contributed by atoms with Crippen LogP contribution in [0.15, 0.2) is 52.3 Å². The number of amides is 1. The molecular formula is C25H28FNO4S. The van der Waals surface area contributed by atoms with Crippen LogP contribution in [0.3, 0.4) is 0 Å². The molecule has 1 amide bonds. The Morgan fingerprint density at radius 1 is 1.25 bits per heavy atom. The molecule has 1 saturated heterocycles. The summed E-state index contributed by atoms with van der Waals surface area (Å²) in [5.74, 6) is 1.88. The topological polar surface area (TPSA) is 48.0 Å². The van der Waals surface area contributed by atoms with E-state index in [0.717, 1.165) is 20.9 Å². The summed E-state index contributed by atoms with van der Waals surface area (Å²) in [5.41, 5.74) is 1.22. The molecule has 1 aliphatic rings. The number of nitrogens with zero attached hydrogens (tertiary/aromatic N) is 1. The van der Waals surface area contributed by atoms with Gasteiger partial charge in [0.05, 0.1) is 5.60 Å². The average molecular weight is 458 g/mol. The SMILES string of the molecule is C#CCN(OC(C)c1ccc(Sc2cc(F)cc(C3(OC)CCOCC3)c2)cc1)C(C)=O. The van der Waals surface area contributed by atoms with Gasteiger partial charge in [-0.25, -0.2) is 9.45 Å². The number of benzene rings is 2. The minimum Gasteiger partial charge on any atom is -0.381 e. The molecule has 0 bridgehead atoms. The van der Waals surface area contributed by atoms with Crippen molar-refractivity contribution in [2.45, 2.75) is 48.2 Å². The van der Waals surface area contributed by atoms with E-state index in [1.54, 1.807) is 13.2 Å². The number of carbonyl (C=O) groups is 1. The van der Waals surface area contributed by atoms with Gasteiger partial charge in [-0.15, -0.1) is 6.42 Å². The summed E-state index contributed by atoms with van der Waals surface area (Å²) in [4.78, 5) is 19.1. The molecule has 1 aliphatic heterocycles. The van der Waals surface area contributed by atoms with Crippen LogP contribution in [-0.2, 0) is 24.7 Å². The van der Waals surface area contributed by atoms with Crippen LogP contribution in [-0.4, -0.2) is 37.8 Å². The van der Waals surface area contributed by atoms with Crippen LogP contribution >= 0.6 is 11.8 Å². The summed E-state index contributed by atoms with van der Waals surface area (Å²) in [7, 11) is 1.67. The van der Waals surface area contributed by atoms with Crippen molar-refractivity contribution in [3.05, 3.63) is 59.4 Å². The normalized spacial score (nSPS) is 16.2. The van der Waals surface area contributed by atoms with Crippen LogP contribution in [0.1, 0.15) is 43.9 Å². The Balaban J connectivity index is 1.73. The number of halogens is 1. The maximum absolute atomic E-state index is 14.4. The third-order valence-corrected chi connectivity index (χ3v) is 6.52. The maximum Gasteiger partial charge on any atom is 0.243 e. The average Bonchev–Trinajstić information content (AvgIpc) is 2.79. The Kier molecular flexibility index (Phi) is 8.32. The molecule has 0 radical (unpaired) electrons. The molecule has 1 atom stereocenters. The monoisotopic (exact) mass is 457 g/mol. The molecule has 1 heterocycles. The molecule has 2 aromatic carbocycles. The Hall–Kier alpha value is -2.37. The zero-order valence-corrected chi connectivity index (χ0v) is 19.4. The molecule has 0 aromatic heterocycles. The van der Waals surface area contributed by atoms with Gasteiger partial charge < -0.3 is 9.47 Å². The molecule has 2 aromatic rings. The van der Waals surface area contributed by atoms with E-state index in [1.165, 1.54) is 29.8 Å². The van der Waals surface area contributed by atoms with Crippen LogP contribution in [0.2, 0.25) is 0 Å². The van der Waals surface area contributed by atoms with Crippen LogP contribution in [0.4, 0.5) is 4.39 Å². The third kappa shape index (κ3) is 5.90. The summed E-state index contributed by atoms with van der Waals surface area (Å²) < 4.78 is 25.7. The standard InChI is InChI=1S/C25H28FNO4S/c1-5-12-27(19(3)28)31-18(2)20-6-8-23(9-7-20)32-24-16-21(15-22(26)17-24)25(29-4)10-13-30-14-11-25/h1,6-9,15-18H,10-14H2,2-4H3. The predicted octanol–water partition coefficient (Wildman–Crippen LogP) is 5.10. The Morgan fingerprint density at radius 2 is 1.94 bits per heavy atom. The Morgan fingerprint density at radius 3 is 2.53 bits per heavy atom. The van der Waals surface area contributed by atoms with E-state index >= 15 is 0 Å². The lowest BCUT2D eigenvalue weighted by molar-refractivity contribution is -0.198. The number of hydrogen-bond acceptors (Lipinski definition) is 5. The first-order valence-corrected chi connectivity index (χ1v) is 11.3. The fourth-order valence-corrected chi connectivity index (χ4v) is 4.60. The van der Waals surface area contributed by atoms with E-state index in [2.05, 4.69) is 5.92 Å². The van der Waals surface area contributed by atoms with Crippen LogP contribution in [0, 0.1) is 18.2 Å². The Bertz CT molecular complexity index is 967. The molecule has 0 aliphatic carbocycles. The van der Waals surface area contributed by atoms with Gasteiger partial charge in [0.15, 0.2) is 0 Å². The van der Waals surface area contributed by atoms with Gasteiger partial charge in [-0.1, -0.05) is 29.8 Å². The molecule has 0 spiro atoms. The lowest BCUT2D eigenvalue weighted by Crippen LogP contribution is -2.35. The van der Waals surface area contributed by atoms with Crippen molar-refractivity contribution < 1.29 is 23.5 Å². The van der Waals surface area contributed by atoms with Crippen LogP contribution in [0.25, 0.3) is 0 Å². The number of hydrogen-bond donors (Lipinski definition) is 0. The van der Waals surface area contributed by atoms with E-state index in [0.29, 0.717) is 26.1 Å². The van der Waals surface area contributed by atoms with Gasteiger partial charge in [0.25, 0.3) is 0 Å². The molecular weight excluding hydrogens is 429 g/mol. The highest BCUT2D eigenvalue weighted by molar-refractivity contribution is 7.99. The summed E-state index contributed by atoms with van der Waals surface area (Å²) in [6, 6.07) is 12.8. The van der Waals surface area contributed by atoms with E-state index in [1.807, 2.05) is 37.3 Å². The maximum atomic E-state index is 14.4. The predicted molar refractivity (Wildman–Crippen MR) is 121 cm³/mol. The minimum atomic E-state index is -0.521. The van der Waals surface area contributed by atoms with Crippen LogP contribution < -0.4 is 0 Å². The smallest absolute Gasteiger partial charge is 0.243 e. The second-order valence-corrected chi connectivity index (χ2v) is 8.81. The number of ether oxygens (including phenoxy) is 2. The first-order chi connectivity index (χ1) is 15.4.